The molecule has 11 heavy (non-hydrogen) atoms. The van der Waals surface area contributed by atoms with Gasteiger partial charge in [-0.05, 0) is 13.0 Å². The predicted octanol–water partition coefficient (Wildman–Crippen LogP) is 0.0220. The van der Waals surface area contributed by atoms with E-state index in [2.05, 4.69) is 5.10 Å². The Morgan fingerprint density at radius 3 is 3.18 bits per heavy atom. The number of hydroxylamine groups is 1. The third-order valence-corrected chi connectivity index (χ3v) is 1.35. The van der Waals surface area contributed by atoms with E-state index in [4.69, 9.17) is 5.21 Å². The number of aryl methyl sites for hydroxylation is 1. The first-order chi connectivity index (χ1) is 5.29. The lowest BCUT2D eigenvalue weighted by molar-refractivity contribution is 0.0694. The summed E-state index contributed by atoms with van der Waals surface area (Å²) in [5, 5.41) is 12.1. The van der Waals surface area contributed by atoms with Crippen LogP contribution in [0.15, 0.2) is 12.3 Å². The number of carbonyl (C=O) groups excluding carboxylic acids is 1. The van der Waals surface area contributed by atoms with E-state index in [-0.39, 0.29) is 0 Å². The minimum absolute atomic E-state index is 0.356. The summed E-state index contributed by atoms with van der Waals surface area (Å²) < 4.78 is 1.49. The number of nitrogens with one attached hydrogen (secondary N) is 1. The summed E-state index contributed by atoms with van der Waals surface area (Å²) in [7, 11) is 0. The lowest BCUT2D eigenvalue weighted by atomic mass is 10.4. The predicted molar refractivity (Wildman–Crippen MR) is 37.2 cm³/mol. The third kappa shape index (κ3) is 1.38. The molecule has 0 saturated heterocycles. The molecule has 1 aromatic heterocycles. The Labute approximate surface area is 63.6 Å². The first kappa shape index (κ1) is 7.74. The largest absolute Gasteiger partial charge is 0.292 e. The minimum Gasteiger partial charge on any atom is -0.288 e. The van der Waals surface area contributed by atoms with Crippen LogP contribution in [0.25, 0.3) is 0 Å². The third-order valence-electron chi connectivity index (χ3n) is 1.35. The molecule has 0 saturated carbocycles. The maximum absolute atomic E-state index is 10.8. The lowest BCUT2D eigenvalue weighted by Gasteiger charge is -2.00. The SMILES string of the molecule is CCn1nccc1C(=O)NO. The fourth-order valence-corrected chi connectivity index (χ4v) is 0.835. The van der Waals surface area contributed by atoms with Crippen LogP contribution in [0.2, 0.25) is 0 Å². The molecule has 5 heteroatoms. The van der Waals surface area contributed by atoms with Crippen LogP contribution in [-0.2, 0) is 6.54 Å². The van der Waals surface area contributed by atoms with Crippen LogP contribution < -0.4 is 5.48 Å². The molecule has 1 rings (SSSR count). The highest BCUT2D eigenvalue weighted by Gasteiger charge is 2.08. The van der Waals surface area contributed by atoms with Crippen LogP contribution >= 0.6 is 0 Å². The van der Waals surface area contributed by atoms with Crippen LogP contribution in [0, 0.1) is 0 Å². The Bertz CT molecular complexity index is 256. The maximum atomic E-state index is 10.8. The van der Waals surface area contributed by atoms with Gasteiger partial charge in [0.25, 0.3) is 5.91 Å². The summed E-state index contributed by atoms with van der Waals surface area (Å²) in [4.78, 5) is 10.8. The molecule has 0 aromatic carbocycles. The number of hydrogen-bond acceptors (Lipinski definition) is 3. The van der Waals surface area contributed by atoms with Gasteiger partial charge in [-0.1, -0.05) is 0 Å². The quantitative estimate of drug-likeness (QED) is 0.467. The van der Waals surface area contributed by atoms with Crippen LogP contribution in [0.5, 0.6) is 0 Å². The number of hydrogen-bond donors (Lipinski definition) is 2. The van der Waals surface area contributed by atoms with E-state index in [1.165, 1.54) is 16.9 Å². The summed E-state index contributed by atoms with van der Waals surface area (Å²) in [5.41, 5.74) is 1.90. The summed E-state index contributed by atoms with van der Waals surface area (Å²) >= 11 is 0. The topological polar surface area (TPSA) is 67.2 Å². The molecule has 60 valence electrons. The van der Waals surface area contributed by atoms with Gasteiger partial charge in [0.2, 0.25) is 0 Å². The monoisotopic (exact) mass is 155 g/mol. The molecule has 0 atom stereocenters. The Hall–Kier alpha value is -1.36. The van der Waals surface area contributed by atoms with Gasteiger partial charge in [0.15, 0.2) is 0 Å². The van der Waals surface area contributed by atoms with Crippen molar-refractivity contribution in [2.75, 3.05) is 0 Å². The van der Waals surface area contributed by atoms with E-state index in [0.29, 0.717) is 12.2 Å². The molecule has 0 radical (unpaired) electrons. The van der Waals surface area contributed by atoms with E-state index in [1.54, 1.807) is 5.48 Å². The van der Waals surface area contributed by atoms with E-state index >= 15 is 0 Å². The zero-order valence-electron chi connectivity index (χ0n) is 6.11. The molecule has 0 unspecified atom stereocenters. The average molecular weight is 155 g/mol. The summed E-state index contributed by atoms with van der Waals surface area (Å²) in [6, 6.07) is 1.54. The van der Waals surface area contributed by atoms with Crippen molar-refractivity contribution in [3.05, 3.63) is 18.0 Å². The van der Waals surface area contributed by atoms with Crippen molar-refractivity contribution >= 4 is 5.91 Å². The molecule has 0 fully saturated rings. The lowest BCUT2D eigenvalue weighted by Crippen LogP contribution is -2.22. The second kappa shape index (κ2) is 3.16. The van der Waals surface area contributed by atoms with Crippen molar-refractivity contribution in [1.82, 2.24) is 15.3 Å². The fraction of sp³-hybridized carbons (Fsp3) is 0.333. The molecule has 1 aromatic rings. The Morgan fingerprint density at radius 1 is 1.91 bits per heavy atom. The van der Waals surface area contributed by atoms with E-state index in [1.807, 2.05) is 6.92 Å². The number of nitrogens with zero attached hydrogens (tertiary/aromatic N) is 2. The Morgan fingerprint density at radius 2 is 2.64 bits per heavy atom. The molecule has 1 amide bonds. The van der Waals surface area contributed by atoms with E-state index in [0.717, 1.165) is 0 Å². The molecular weight excluding hydrogens is 146 g/mol. The van der Waals surface area contributed by atoms with Gasteiger partial charge in [0.1, 0.15) is 5.69 Å². The highest BCUT2D eigenvalue weighted by atomic mass is 16.5. The Kier molecular flexibility index (Phi) is 2.22. The molecule has 1 heterocycles. The van der Waals surface area contributed by atoms with Gasteiger partial charge in [0, 0.05) is 12.7 Å². The van der Waals surface area contributed by atoms with E-state index < -0.39 is 5.91 Å². The Balaban J connectivity index is 2.92. The smallest absolute Gasteiger partial charge is 0.288 e. The number of amides is 1. The zero-order valence-corrected chi connectivity index (χ0v) is 6.11. The van der Waals surface area contributed by atoms with Gasteiger partial charge in [-0.15, -0.1) is 0 Å². The van der Waals surface area contributed by atoms with Crippen molar-refractivity contribution in [2.45, 2.75) is 13.5 Å². The van der Waals surface area contributed by atoms with Crippen molar-refractivity contribution in [3.63, 3.8) is 0 Å². The summed E-state index contributed by atoms with van der Waals surface area (Å²) in [6.07, 6.45) is 1.51. The van der Waals surface area contributed by atoms with Crippen molar-refractivity contribution < 1.29 is 10.0 Å². The first-order valence-electron chi connectivity index (χ1n) is 3.25. The molecule has 0 aliphatic heterocycles. The minimum atomic E-state index is -0.538. The van der Waals surface area contributed by atoms with Crippen LogP contribution in [0.3, 0.4) is 0 Å². The average Bonchev–Trinajstić information content (AvgIpc) is 2.50. The van der Waals surface area contributed by atoms with Gasteiger partial charge in [-0.25, -0.2) is 5.48 Å². The first-order valence-corrected chi connectivity index (χ1v) is 3.25. The molecule has 0 spiro atoms. The van der Waals surface area contributed by atoms with Crippen LogP contribution in [0.1, 0.15) is 17.4 Å². The van der Waals surface area contributed by atoms with Gasteiger partial charge >= 0.3 is 0 Å². The summed E-state index contributed by atoms with van der Waals surface area (Å²) in [5.74, 6) is -0.538. The molecular formula is C6H9N3O2. The molecule has 5 nitrogen and oxygen atoms in total. The highest BCUT2D eigenvalue weighted by molar-refractivity contribution is 5.91. The number of aromatic nitrogens is 2. The molecule has 2 N–H and O–H groups in total. The maximum Gasteiger partial charge on any atom is 0.292 e. The van der Waals surface area contributed by atoms with Crippen LogP contribution in [-0.4, -0.2) is 20.9 Å². The van der Waals surface area contributed by atoms with E-state index in [9.17, 15) is 4.79 Å². The standard InChI is InChI=1S/C6H9N3O2/c1-2-9-5(3-4-7-9)6(10)8-11/h3-4,11H,2H2,1H3,(H,8,10). The van der Waals surface area contributed by atoms with Gasteiger partial charge in [-0.2, -0.15) is 5.10 Å². The number of carbonyl (C=O) groups is 1. The fourth-order valence-electron chi connectivity index (χ4n) is 0.835. The van der Waals surface area contributed by atoms with Gasteiger partial charge in [0.05, 0.1) is 0 Å². The normalized spacial score (nSPS) is 9.64. The second-order valence-corrected chi connectivity index (χ2v) is 1.97. The molecule has 0 aliphatic carbocycles. The van der Waals surface area contributed by atoms with Gasteiger partial charge < -0.3 is 0 Å². The van der Waals surface area contributed by atoms with Crippen molar-refractivity contribution in [3.8, 4) is 0 Å². The van der Waals surface area contributed by atoms with Crippen molar-refractivity contribution in [1.29, 1.82) is 0 Å². The number of rotatable bonds is 2. The summed E-state index contributed by atoms with van der Waals surface area (Å²) in [6.45, 7) is 2.47. The zero-order chi connectivity index (χ0) is 8.27. The second-order valence-electron chi connectivity index (χ2n) is 1.97. The molecule has 0 aliphatic rings. The van der Waals surface area contributed by atoms with Crippen molar-refractivity contribution in [2.24, 2.45) is 0 Å². The highest BCUT2D eigenvalue weighted by Crippen LogP contribution is 1.97. The van der Waals surface area contributed by atoms with Gasteiger partial charge in [-0.3, -0.25) is 14.7 Å². The molecule has 0 bridgehead atoms. The van der Waals surface area contributed by atoms with Crippen LogP contribution in [0.4, 0.5) is 0 Å².